The molecule has 286 valence electrons. The number of hydrogen-bond acceptors (Lipinski definition) is 3. The van der Waals surface area contributed by atoms with Gasteiger partial charge in [-0.3, -0.25) is 9.48 Å². The average molecular weight is 720 g/mol. The molecule has 0 aliphatic carbocycles. The Morgan fingerprint density at radius 1 is 1.06 bits per heavy atom. The fourth-order valence-electron chi connectivity index (χ4n) is 5.52. The predicted octanol–water partition coefficient (Wildman–Crippen LogP) is 13.4. The van der Waals surface area contributed by atoms with Crippen molar-refractivity contribution in [3.05, 3.63) is 119 Å². The summed E-state index contributed by atoms with van der Waals surface area (Å²) in [6, 6.07) is 9.51. The van der Waals surface area contributed by atoms with Crippen LogP contribution in [-0.2, 0) is 13.0 Å². The van der Waals surface area contributed by atoms with E-state index in [1.54, 1.807) is 16.9 Å². The van der Waals surface area contributed by atoms with E-state index >= 15 is 0 Å². The number of carbonyl (C=O) groups excluding carboxylic acids is 1. The number of carbonyl (C=O) groups is 1. The zero-order chi connectivity index (χ0) is 39.8. The number of aryl methyl sites for hydroxylation is 2. The number of nitrogens with zero attached hydrogens (tertiary/aromatic N) is 2. The molecule has 1 saturated heterocycles. The molecule has 0 saturated carbocycles. The molecule has 2 heterocycles. The van der Waals surface area contributed by atoms with Crippen LogP contribution in [0.4, 0.5) is 13.2 Å². The van der Waals surface area contributed by atoms with Crippen LogP contribution >= 0.6 is 0 Å². The van der Waals surface area contributed by atoms with Crippen molar-refractivity contribution in [2.24, 2.45) is 17.8 Å². The standard InChI is InChI=1S/C29H31F3N2O.C8H13N.C6H14.C2H6/c1-7-9-10-26(29(30,31)32)20(6)24-13-19(5)14-27-25(24)16-33-34(27)17-21-11-12-23(22(8-2)15-21)28(35)18(3)4;1-6-4-5-7(2)9-8(6)3;1-4-6(3)5-2;1-2/h7,9-16,18H,1,8,17H2,2-6H3;6,9H,2-5H2,1H3;6H,4-5H2,1-3H3;1-2H3/b10-9-,26-20-;;;. The second-order valence-corrected chi connectivity index (χ2v) is 13.7. The van der Waals surface area contributed by atoms with Crippen molar-refractivity contribution in [2.75, 3.05) is 0 Å². The third-order valence-corrected chi connectivity index (χ3v) is 9.30. The van der Waals surface area contributed by atoms with Crippen molar-refractivity contribution in [1.82, 2.24) is 15.1 Å². The largest absolute Gasteiger partial charge is 0.416 e. The molecule has 0 radical (unpaired) electrons. The minimum absolute atomic E-state index is 0.0817. The van der Waals surface area contributed by atoms with Gasteiger partial charge in [-0.15, -0.1) is 0 Å². The Morgan fingerprint density at radius 2 is 1.69 bits per heavy atom. The Balaban J connectivity index is 0.000000654. The van der Waals surface area contributed by atoms with Crippen LogP contribution in [0.3, 0.4) is 0 Å². The number of ketones is 1. The van der Waals surface area contributed by atoms with Crippen LogP contribution in [0.1, 0.15) is 128 Å². The second kappa shape index (κ2) is 22.1. The first kappa shape index (κ1) is 45.9. The van der Waals surface area contributed by atoms with Crippen molar-refractivity contribution in [1.29, 1.82) is 0 Å². The maximum Gasteiger partial charge on any atom is 0.416 e. The Kier molecular flexibility index (Phi) is 19.5. The first-order valence-electron chi connectivity index (χ1n) is 18.8. The van der Waals surface area contributed by atoms with Crippen molar-refractivity contribution < 1.29 is 18.0 Å². The highest BCUT2D eigenvalue weighted by molar-refractivity contribution is 5.99. The first-order valence-corrected chi connectivity index (χ1v) is 18.8. The van der Waals surface area contributed by atoms with Crippen molar-refractivity contribution in [3.8, 4) is 0 Å². The normalized spacial score (nSPS) is 14.9. The van der Waals surface area contributed by atoms with Crippen LogP contribution in [0.15, 0.2) is 91.5 Å². The predicted molar refractivity (Wildman–Crippen MR) is 217 cm³/mol. The molecule has 0 bridgehead atoms. The van der Waals surface area contributed by atoms with E-state index in [4.69, 9.17) is 0 Å². The molecule has 0 amide bonds. The quantitative estimate of drug-likeness (QED) is 0.168. The Hall–Kier alpha value is -4.13. The topological polar surface area (TPSA) is 46.9 Å². The minimum Gasteiger partial charge on any atom is -0.363 e. The summed E-state index contributed by atoms with van der Waals surface area (Å²) in [5.41, 5.74) is 6.45. The third-order valence-electron chi connectivity index (χ3n) is 9.30. The van der Waals surface area contributed by atoms with Crippen LogP contribution in [0.5, 0.6) is 0 Å². The SMILES string of the molecule is C=C/C=C\C(=C(/C)c1cc(C)cc2c1cnn2Cc1ccc(C(=O)C(C)C)c(CC)c1)C(F)(F)F.C=C1CCC(C)C(=C)N1.CC.CCC(C)CC. The van der Waals surface area contributed by atoms with Gasteiger partial charge in [0.05, 0.1) is 23.8 Å². The summed E-state index contributed by atoms with van der Waals surface area (Å²) in [7, 11) is 0. The summed E-state index contributed by atoms with van der Waals surface area (Å²) in [5, 5.41) is 8.31. The monoisotopic (exact) mass is 720 g/mol. The van der Waals surface area contributed by atoms with E-state index in [0.29, 0.717) is 23.4 Å². The van der Waals surface area contributed by atoms with Crippen LogP contribution in [0.25, 0.3) is 16.5 Å². The second-order valence-electron chi connectivity index (χ2n) is 13.7. The van der Waals surface area contributed by atoms with Gasteiger partial charge < -0.3 is 5.32 Å². The number of Topliss-reactive ketones (excluding diaryl/α,β-unsaturated/α-hetero) is 1. The van der Waals surface area contributed by atoms with E-state index in [0.717, 1.165) is 64.0 Å². The molecule has 1 aliphatic heterocycles. The molecule has 1 unspecified atom stereocenters. The zero-order valence-corrected chi connectivity index (χ0v) is 33.7. The molecular formula is C45H64F3N3O. The summed E-state index contributed by atoms with van der Waals surface area (Å²) in [4.78, 5) is 12.5. The van der Waals surface area contributed by atoms with E-state index in [1.807, 2.05) is 65.8 Å². The number of nitrogens with one attached hydrogen (secondary N) is 1. The number of fused-ring (bicyclic) bond motifs is 1. The molecule has 2 aromatic carbocycles. The van der Waals surface area contributed by atoms with E-state index in [9.17, 15) is 18.0 Å². The third kappa shape index (κ3) is 13.4. The lowest BCUT2D eigenvalue weighted by atomic mass is 9.93. The highest BCUT2D eigenvalue weighted by Gasteiger charge is 2.34. The molecule has 3 aromatic rings. The lowest BCUT2D eigenvalue weighted by Gasteiger charge is -2.24. The molecule has 1 fully saturated rings. The minimum atomic E-state index is -4.50. The Labute approximate surface area is 312 Å². The van der Waals surface area contributed by atoms with Gasteiger partial charge in [0.2, 0.25) is 0 Å². The maximum absolute atomic E-state index is 13.8. The Morgan fingerprint density at radius 3 is 2.17 bits per heavy atom. The summed E-state index contributed by atoms with van der Waals surface area (Å²) in [6.45, 7) is 33.7. The number of aromatic nitrogens is 2. The number of rotatable bonds is 10. The summed E-state index contributed by atoms with van der Waals surface area (Å²) >= 11 is 0. The van der Waals surface area contributed by atoms with E-state index in [2.05, 4.69) is 57.8 Å². The summed E-state index contributed by atoms with van der Waals surface area (Å²) in [5.74, 6) is 1.59. The zero-order valence-electron chi connectivity index (χ0n) is 33.7. The van der Waals surface area contributed by atoms with Gasteiger partial charge in [-0.05, 0) is 84.9 Å². The van der Waals surface area contributed by atoms with Gasteiger partial charge in [-0.2, -0.15) is 18.3 Å². The fraction of sp³-hybridized carbons (Fsp3) is 0.467. The van der Waals surface area contributed by atoms with Gasteiger partial charge in [0.15, 0.2) is 5.78 Å². The highest BCUT2D eigenvalue weighted by atomic mass is 19.4. The highest BCUT2D eigenvalue weighted by Crippen LogP contribution is 2.36. The molecule has 0 spiro atoms. The average Bonchev–Trinajstić information content (AvgIpc) is 3.51. The number of halogens is 3. The smallest absolute Gasteiger partial charge is 0.363 e. The van der Waals surface area contributed by atoms with Gasteiger partial charge in [0.1, 0.15) is 0 Å². The fourth-order valence-corrected chi connectivity index (χ4v) is 5.52. The van der Waals surface area contributed by atoms with Crippen molar-refractivity contribution >= 4 is 22.3 Å². The number of piperidine rings is 1. The van der Waals surface area contributed by atoms with Crippen molar-refractivity contribution in [2.45, 2.75) is 121 Å². The lowest BCUT2D eigenvalue weighted by Crippen LogP contribution is -2.22. The van der Waals surface area contributed by atoms with Crippen LogP contribution in [0, 0.1) is 24.7 Å². The molecule has 4 rings (SSSR count). The van der Waals surface area contributed by atoms with Crippen LogP contribution in [0.2, 0.25) is 0 Å². The molecule has 1 aliphatic rings. The lowest BCUT2D eigenvalue weighted by molar-refractivity contribution is -0.0876. The first-order chi connectivity index (χ1) is 24.5. The summed E-state index contributed by atoms with van der Waals surface area (Å²) < 4.78 is 43.2. The molecule has 4 nitrogen and oxygen atoms in total. The van der Waals surface area contributed by atoms with Gasteiger partial charge >= 0.3 is 6.18 Å². The van der Waals surface area contributed by atoms with Gasteiger partial charge in [0, 0.05) is 28.3 Å². The van der Waals surface area contributed by atoms with Crippen LogP contribution in [-0.4, -0.2) is 21.7 Å². The van der Waals surface area contributed by atoms with E-state index in [-0.39, 0.29) is 17.3 Å². The molecule has 1 atom stereocenters. The molecule has 1 N–H and O–H groups in total. The molecular weight excluding hydrogens is 656 g/mol. The number of allylic oxidation sites excluding steroid dienone is 7. The van der Waals surface area contributed by atoms with Gasteiger partial charge in [-0.25, -0.2) is 0 Å². The van der Waals surface area contributed by atoms with Gasteiger partial charge in [-0.1, -0.05) is 131 Å². The summed E-state index contributed by atoms with van der Waals surface area (Å²) in [6.07, 6.45) is 6.48. The maximum atomic E-state index is 13.8. The van der Waals surface area contributed by atoms with E-state index < -0.39 is 11.7 Å². The number of hydrogen-bond donors (Lipinski definition) is 1. The molecule has 52 heavy (non-hydrogen) atoms. The Bertz CT molecular complexity index is 1700. The number of alkyl halides is 3. The van der Waals surface area contributed by atoms with Crippen LogP contribution < -0.4 is 5.32 Å². The van der Waals surface area contributed by atoms with Crippen molar-refractivity contribution in [3.63, 3.8) is 0 Å². The number of benzene rings is 2. The molecule has 7 heteroatoms. The van der Waals surface area contributed by atoms with E-state index in [1.165, 1.54) is 38.3 Å². The van der Waals surface area contributed by atoms with Gasteiger partial charge in [0.25, 0.3) is 0 Å². The molecule has 1 aromatic heterocycles.